The highest BCUT2D eigenvalue weighted by Gasteiger charge is 2.24. The second-order valence-corrected chi connectivity index (χ2v) is 8.39. The van der Waals surface area contributed by atoms with Gasteiger partial charge in [0.1, 0.15) is 0 Å². The van der Waals surface area contributed by atoms with Crippen molar-refractivity contribution in [2.45, 2.75) is 57.5 Å². The molecule has 1 atom stereocenters. The van der Waals surface area contributed by atoms with E-state index in [1.165, 1.54) is 49.7 Å². The van der Waals surface area contributed by atoms with Gasteiger partial charge >= 0.3 is 0 Å². The lowest BCUT2D eigenvalue weighted by Crippen LogP contribution is -2.37. The summed E-state index contributed by atoms with van der Waals surface area (Å²) in [7, 11) is 0. The lowest BCUT2D eigenvalue weighted by molar-refractivity contribution is 0.290. The zero-order valence-corrected chi connectivity index (χ0v) is 16.3. The van der Waals surface area contributed by atoms with Gasteiger partial charge in [0.25, 0.3) is 0 Å². The molecule has 1 aliphatic heterocycles. The maximum atomic E-state index is 4.57. The highest BCUT2D eigenvalue weighted by Crippen LogP contribution is 2.32. The summed E-state index contributed by atoms with van der Waals surface area (Å²) in [6, 6.07) is 11.0. The van der Waals surface area contributed by atoms with Crippen LogP contribution in [0.2, 0.25) is 0 Å². The van der Waals surface area contributed by atoms with Crippen molar-refractivity contribution in [2.75, 3.05) is 5.32 Å². The van der Waals surface area contributed by atoms with Crippen LogP contribution in [-0.2, 0) is 13.0 Å². The molecule has 4 heteroatoms. The number of benzene rings is 1. The lowest BCUT2D eigenvalue weighted by atomic mass is 9.82. The molecule has 1 saturated carbocycles. The molecule has 1 unspecified atom stereocenters. The van der Waals surface area contributed by atoms with Crippen molar-refractivity contribution in [1.82, 2.24) is 15.3 Å². The second-order valence-electron chi connectivity index (χ2n) is 8.39. The Morgan fingerprint density at radius 1 is 1.04 bits per heavy atom. The first-order valence-electron chi connectivity index (χ1n) is 10.7. The van der Waals surface area contributed by atoms with Gasteiger partial charge in [-0.1, -0.05) is 50.3 Å². The Morgan fingerprint density at radius 2 is 1.93 bits per heavy atom. The first-order valence-corrected chi connectivity index (χ1v) is 10.7. The summed E-state index contributed by atoms with van der Waals surface area (Å²) < 4.78 is 0. The second kappa shape index (κ2) is 7.88. The fraction of sp³-hybridized carbons (Fsp3) is 0.417. The van der Waals surface area contributed by atoms with E-state index < -0.39 is 0 Å². The molecule has 0 bridgehead atoms. The normalized spacial score (nSPS) is 20.1. The molecule has 1 aliphatic carbocycles. The molecule has 3 aromatic rings. The molecule has 0 saturated heterocycles. The van der Waals surface area contributed by atoms with Crippen LogP contribution in [0.3, 0.4) is 0 Å². The zero-order valence-electron chi connectivity index (χ0n) is 16.3. The third-order valence-electron chi connectivity index (χ3n) is 6.39. The predicted molar refractivity (Wildman–Crippen MR) is 115 cm³/mol. The molecule has 0 amide bonds. The summed E-state index contributed by atoms with van der Waals surface area (Å²) in [5, 5.41) is 8.50. The fourth-order valence-corrected chi connectivity index (χ4v) is 4.89. The summed E-state index contributed by atoms with van der Waals surface area (Å²) >= 11 is 0. The molecule has 1 aromatic carbocycles. The van der Waals surface area contributed by atoms with E-state index in [2.05, 4.69) is 45.0 Å². The van der Waals surface area contributed by atoms with Gasteiger partial charge in [-0.25, -0.2) is 0 Å². The van der Waals surface area contributed by atoms with Crippen molar-refractivity contribution in [1.29, 1.82) is 0 Å². The third kappa shape index (κ3) is 3.74. The smallest absolute Gasteiger partial charge is 0.0703 e. The number of anilines is 2. The Bertz CT molecular complexity index is 962. The average molecular weight is 373 g/mol. The van der Waals surface area contributed by atoms with Gasteiger partial charge in [-0.05, 0) is 42.0 Å². The predicted octanol–water partition coefficient (Wildman–Crippen LogP) is 5.36. The topological polar surface area (TPSA) is 49.8 Å². The number of nitrogens with one attached hydrogen (secondary N) is 2. The highest BCUT2D eigenvalue weighted by atomic mass is 15.0. The van der Waals surface area contributed by atoms with Gasteiger partial charge in [0.15, 0.2) is 0 Å². The minimum absolute atomic E-state index is 0.593. The van der Waals surface area contributed by atoms with Gasteiger partial charge in [-0.3, -0.25) is 9.97 Å². The molecule has 1 fully saturated rings. The largest absolute Gasteiger partial charge is 0.353 e. The third-order valence-corrected chi connectivity index (χ3v) is 6.39. The van der Waals surface area contributed by atoms with Crippen LogP contribution in [0.25, 0.3) is 10.9 Å². The molecule has 28 heavy (non-hydrogen) atoms. The lowest BCUT2D eigenvalue weighted by Gasteiger charge is -2.31. The Balaban J connectivity index is 1.32. The standard InChI is InChI=1S/C24H28N4/c1-2-6-17(7-3-1)10-20-12-19-13-25-16-24(22(19)15-26-20)28-21-11-18-8-4-5-9-23(18)27-14-21/h4-5,8-9,11,13-14,16-17,20,26,28H,1-3,6-7,10,12,15H2. The van der Waals surface area contributed by atoms with E-state index in [1.807, 2.05) is 24.5 Å². The molecule has 4 nitrogen and oxygen atoms in total. The molecular weight excluding hydrogens is 344 g/mol. The number of rotatable bonds is 4. The molecule has 0 radical (unpaired) electrons. The van der Waals surface area contributed by atoms with Gasteiger partial charge in [0, 0.05) is 24.2 Å². The van der Waals surface area contributed by atoms with E-state index in [1.54, 1.807) is 0 Å². The quantitative estimate of drug-likeness (QED) is 0.647. The number of hydrogen-bond acceptors (Lipinski definition) is 4. The van der Waals surface area contributed by atoms with E-state index in [9.17, 15) is 0 Å². The monoisotopic (exact) mass is 372 g/mol. The van der Waals surface area contributed by atoms with Gasteiger partial charge in [0.05, 0.1) is 29.3 Å². The molecule has 2 aromatic heterocycles. The Labute approximate surface area is 166 Å². The summed E-state index contributed by atoms with van der Waals surface area (Å²) in [4.78, 5) is 9.09. The number of pyridine rings is 2. The molecule has 144 valence electrons. The zero-order chi connectivity index (χ0) is 18.8. The van der Waals surface area contributed by atoms with E-state index in [0.717, 1.165) is 41.2 Å². The van der Waals surface area contributed by atoms with Crippen LogP contribution in [0.5, 0.6) is 0 Å². The van der Waals surface area contributed by atoms with Gasteiger partial charge < -0.3 is 10.6 Å². The van der Waals surface area contributed by atoms with E-state index in [0.29, 0.717) is 6.04 Å². The van der Waals surface area contributed by atoms with E-state index in [4.69, 9.17) is 0 Å². The SMILES string of the molecule is c1ccc2ncc(Nc3cncc4c3CNC(CC3CCCCC3)C4)cc2c1. The van der Waals surface area contributed by atoms with E-state index in [-0.39, 0.29) is 0 Å². The molecule has 5 rings (SSSR count). The maximum Gasteiger partial charge on any atom is 0.0703 e. The summed E-state index contributed by atoms with van der Waals surface area (Å²) in [5.74, 6) is 0.908. The van der Waals surface area contributed by atoms with Crippen LogP contribution in [0.4, 0.5) is 11.4 Å². The van der Waals surface area contributed by atoms with Crippen molar-refractivity contribution in [2.24, 2.45) is 5.92 Å². The Morgan fingerprint density at radius 3 is 2.86 bits per heavy atom. The number of hydrogen-bond donors (Lipinski definition) is 2. The average Bonchev–Trinajstić information content (AvgIpc) is 2.74. The number of fused-ring (bicyclic) bond motifs is 2. The first-order chi connectivity index (χ1) is 13.8. The molecule has 0 spiro atoms. The number of nitrogens with zero attached hydrogens (tertiary/aromatic N) is 2. The summed E-state index contributed by atoms with van der Waals surface area (Å²) in [6.07, 6.45) is 15.4. The van der Waals surface area contributed by atoms with Crippen molar-refractivity contribution >= 4 is 22.3 Å². The van der Waals surface area contributed by atoms with Crippen LogP contribution in [0.15, 0.2) is 48.9 Å². The number of aromatic nitrogens is 2. The Kier molecular flexibility index (Phi) is 4.96. The summed E-state index contributed by atoms with van der Waals surface area (Å²) in [6.45, 7) is 0.915. The number of para-hydroxylation sites is 1. The fourth-order valence-electron chi connectivity index (χ4n) is 4.89. The van der Waals surface area contributed by atoms with Crippen LogP contribution in [-0.4, -0.2) is 16.0 Å². The first kappa shape index (κ1) is 17.6. The maximum absolute atomic E-state index is 4.57. The minimum atomic E-state index is 0.593. The van der Waals surface area contributed by atoms with Crippen LogP contribution >= 0.6 is 0 Å². The highest BCUT2D eigenvalue weighted by molar-refractivity contribution is 5.82. The molecule has 2 N–H and O–H groups in total. The van der Waals surface area contributed by atoms with Crippen molar-refractivity contribution in [3.8, 4) is 0 Å². The van der Waals surface area contributed by atoms with Crippen molar-refractivity contribution in [3.05, 3.63) is 60.0 Å². The Hall–Kier alpha value is -2.46. The van der Waals surface area contributed by atoms with Gasteiger partial charge in [-0.15, -0.1) is 0 Å². The van der Waals surface area contributed by atoms with Crippen LogP contribution < -0.4 is 10.6 Å². The molecule has 3 heterocycles. The van der Waals surface area contributed by atoms with Crippen LogP contribution in [0.1, 0.15) is 49.7 Å². The molecular formula is C24H28N4. The minimum Gasteiger partial charge on any atom is -0.353 e. The van der Waals surface area contributed by atoms with Crippen LogP contribution in [0, 0.1) is 5.92 Å². The molecule has 2 aliphatic rings. The van der Waals surface area contributed by atoms with Crippen molar-refractivity contribution in [3.63, 3.8) is 0 Å². The van der Waals surface area contributed by atoms with Crippen molar-refractivity contribution < 1.29 is 0 Å². The van der Waals surface area contributed by atoms with Gasteiger partial charge in [-0.2, -0.15) is 0 Å². The van der Waals surface area contributed by atoms with E-state index >= 15 is 0 Å². The van der Waals surface area contributed by atoms with Gasteiger partial charge in [0.2, 0.25) is 0 Å². The summed E-state index contributed by atoms with van der Waals surface area (Å²) in [5.41, 5.74) is 5.87.